The van der Waals surface area contributed by atoms with E-state index in [1.165, 1.54) is 16.1 Å². The van der Waals surface area contributed by atoms with Crippen LogP contribution in [0.5, 0.6) is 0 Å². The summed E-state index contributed by atoms with van der Waals surface area (Å²) >= 11 is 0. The first-order valence-corrected chi connectivity index (χ1v) is 14.3. The summed E-state index contributed by atoms with van der Waals surface area (Å²) in [6, 6.07) is 31.2. The van der Waals surface area contributed by atoms with Gasteiger partial charge in [-0.2, -0.15) is 18.3 Å². The predicted molar refractivity (Wildman–Crippen MR) is 158 cm³/mol. The molecule has 0 aliphatic carbocycles. The van der Waals surface area contributed by atoms with E-state index in [9.17, 15) is 22.8 Å². The molecule has 5 rings (SSSR count). The van der Waals surface area contributed by atoms with Crippen LogP contribution in [0.15, 0.2) is 96.1 Å². The molecule has 0 unspecified atom stereocenters. The van der Waals surface area contributed by atoms with Crippen LogP contribution in [-0.4, -0.2) is 76.0 Å². The number of hydrogen-bond donors (Lipinski definition) is 2. The van der Waals surface area contributed by atoms with Crippen molar-refractivity contribution in [3.8, 4) is 0 Å². The van der Waals surface area contributed by atoms with E-state index >= 15 is 0 Å². The molecule has 2 N–H and O–H groups in total. The molecule has 3 aromatic rings. The van der Waals surface area contributed by atoms with Gasteiger partial charge in [-0.3, -0.25) is 9.59 Å². The smallest absolute Gasteiger partial charge is 0.481 e. The van der Waals surface area contributed by atoms with Crippen LogP contribution in [-0.2, 0) is 14.4 Å². The van der Waals surface area contributed by atoms with E-state index in [0.29, 0.717) is 18.8 Å². The Labute approximate surface area is 253 Å². The lowest BCUT2D eigenvalue weighted by molar-refractivity contribution is -0.192. The monoisotopic (exact) mass is 609 g/mol. The minimum absolute atomic E-state index is 0.0568. The van der Waals surface area contributed by atoms with Crippen LogP contribution in [0.3, 0.4) is 0 Å². The second-order valence-electron chi connectivity index (χ2n) is 10.8. The number of nitrogens with zero attached hydrogens (tertiary/aromatic N) is 3. The topological polar surface area (TPSA) is 111 Å². The average molecular weight is 610 g/mol. The first-order chi connectivity index (χ1) is 21.0. The van der Waals surface area contributed by atoms with Crippen LogP contribution in [0.25, 0.3) is 0 Å². The van der Waals surface area contributed by atoms with Gasteiger partial charge in [0, 0.05) is 5.92 Å². The van der Waals surface area contributed by atoms with Gasteiger partial charge >= 0.3 is 18.1 Å². The van der Waals surface area contributed by atoms with E-state index in [1.54, 1.807) is 0 Å². The Balaban J connectivity index is 0.000000566. The summed E-state index contributed by atoms with van der Waals surface area (Å²) in [5, 5.41) is 22.4. The van der Waals surface area contributed by atoms with Gasteiger partial charge in [0.25, 0.3) is 5.91 Å². The fourth-order valence-corrected chi connectivity index (χ4v) is 5.71. The number of benzene rings is 3. The molecule has 11 heteroatoms. The number of hydrazone groups is 1. The number of amides is 1. The number of carboxylic acid groups (broad SMARTS) is 2. The Morgan fingerprint density at radius 2 is 1.30 bits per heavy atom. The Bertz CT molecular complexity index is 1400. The third-order valence-electron chi connectivity index (χ3n) is 7.99. The molecule has 232 valence electrons. The number of aliphatic carboxylic acids is 2. The van der Waals surface area contributed by atoms with Crippen molar-refractivity contribution in [3.63, 3.8) is 0 Å². The largest absolute Gasteiger partial charge is 0.490 e. The van der Waals surface area contributed by atoms with Crippen molar-refractivity contribution >= 4 is 23.6 Å². The number of carbonyl (C=O) groups is 3. The van der Waals surface area contributed by atoms with Crippen molar-refractivity contribution < 1.29 is 37.8 Å². The number of rotatable bonds is 9. The molecule has 0 atom stereocenters. The average Bonchev–Trinajstić information content (AvgIpc) is 3.29. The molecule has 0 saturated carbocycles. The first kappa shape index (κ1) is 32.4. The fraction of sp³-hybridized carbons (Fsp3) is 0.333. The molecule has 0 aromatic heterocycles. The molecular weight excluding hydrogens is 575 g/mol. The first-order valence-electron chi connectivity index (χ1n) is 14.3. The maximum Gasteiger partial charge on any atom is 0.490 e. The van der Waals surface area contributed by atoms with Gasteiger partial charge in [-0.25, -0.2) is 9.80 Å². The number of piperidine rings is 1. The van der Waals surface area contributed by atoms with Gasteiger partial charge in [-0.05, 0) is 55.6 Å². The van der Waals surface area contributed by atoms with Crippen LogP contribution in [0.1, 0.15) is 48.3 Å². The van der Waals surface area contributed by atoms with Crippen molar-refractivity contribution in [1.82, 2.24) is 9.91 Å². The third kappa shape index (κ3) is 7.90. The molecule has 1 fully saturated rings. The van der Waals surface area contributed by atoms with Crippen LogP contribution < -0.4 is 0 Å². The maximum atomic E-state index is 13.6. The van der Waals surface area contributed by atoms with E-state index in [1.807, 2.05) is 30.3 Å². The highest BCUT2D eigenvalue weighted by Gasteiger charge is 2.52. The van der Waals surface area contributed by atoms with Gasteiger partial charge in [0.2, 0.25) is 0 Å². The normalized spacial score (nSPS) is 16.4. The number of hydrogen-bond acceptors (Lipinski definition) is 5. The maximum absolute atomic E-state index is 13.6. The molecule has 0 bridgehead atoms. The van der Waals surface area contributed by atoms with Gasteiger partial charge < -0.3 is 15.1 Å². The molecule has 2 aliphatic heterocycles. The Kier molecular flexibility index (Phi) is 10.5. The molecule has 3 aromatic carbocycles. The summed E-state index contributed by atoms with van der Waals surface area (Å²) in [4.78, 5) is 36.1. The molecule has 8 nitrogen and oxygen atoms in total. The molecular formula is C33H34F3N3O5. The zero-order valence-corrected chi connectivity index (χ0v) is 24.0. The summed E-state index contributed by atoms with van der Waals surface area (Å²) in [5.74, 6) is -3.42. The number of carbonyl (C=O) groups excluding carboxylic acids is 1. The minimum Gasteiger partial charge on any atom is -0.481 e. The molecule has 1 saturated heterocycles. The van der Waals surface area contributed by atoms with Crippen molar-refractivity contribution in [2.24, 2.45) is 10.5 Å². The molecule has 0 radical (unpaired) electrons. The van der Waals surface area contributed by atoms with Crippen LogP contribution in [0.4, 0.5) is 13.2 Å². The van der Waals surface area contributed by atoms with Crippen molar-refractivity contribution in [3.05, 3.63) is 108 Å². The SMILES string of the molecule is O=C(O)C(F)(F)F.O=C(O)CCN1N=C(c2ccccc2)C2(CCN(CCC(c3ccccc3)c3ccccc3)CC2)C1=O. The fourth-order valence-electron chi connectivity index (χ4n) is 5.71. The quantitative estimate of drug-likeness (QED) is 0.325. The van der Waals surface area contributed by atoms with Gasteiger partial charge in [-0.1, -0.05) is 91.0 Å². The summed E-state index contributed by atoms with van der Waals surface area (Å²) in [7, 11) is 0. The molecule has 44 heavy (non-hydrogen) atoms. The standard InChI is InChI=1S/C31H33N3O3.C2HF3O2/c35-28(36)17-21-34-30(37)31(29(32-34)26-14-8-3-9-15-26)18-22-33(23-19-31)20-16-27(24-10-4-1-5-11-24)25-12-6-2-7-13-25;3-2(4,5)1(6)7/h1-15,27H,16-23H2,(H,35,36);(H,6,7). The second kappa shape index (κ2) is 14.3. The summed E-state index contributed by atoms with van der Waals surface area (Å²) in [6.07, 6.45) is -2.83. The molecule has 2 aliphatic rings. The highest BCUT2D eigenvalue weighted by atomic mass is 19.4. The van der Waals surface area contributed by atoms with E-state index in [4.69, 9.17) is 15.0 Å². The lowest BCUT2D eigenvalue weighted by Crippen LogP contribution is -2.49. The summed E-state index contributed by atoms with van der Waals surface area (Å²) in [5.41, 5.74) is 3.68. The Morgan fingerprint density at radius 1 is 0.818 bits per heavy atom. The zero-order valence-electron chi connectivity index (χ0n) is 24.0. The van der Waals surface area contributed by atoms with Crippen molar-refractivity contribution in [2.45, 2.75) is 37.8 Å². The number of halogens is 3. The van der Waals surface area contributed by atoms with Crippen molar-refractivity contribution in [2.75, 3.05) is 26.2 Å². The summed E-state index contributed by atoms with van der Waals surface area (Å²) in [6.45, 7) is 2.66. The Morgan fingerprint density at radius 3 is 1.75 bits per heavy atom. The van der Waals surface area contributed by atoms with Crippen LogP contribution in [0.2, 0.25) is 0 Å². The third-order valence-corrected chi connectivity index (χ3v) is 7.99. The van der Waals surface area contributed by atoms with E-state index < -0.39 is 23.5 Å². The predicted octanol–water partition coefficient (Wildman–Crippen LogP) is 5.65. The zero-order chi connectivity index (χ0) is 31.7. The van der Waals surface area contributed by atoms with E-state index in [0.717, 1.165) is 37.3 Å². The second-order valence-corrected chi connectivity index (χ2v) is 10.8. The van der Waals surface area contributed by atoms with Crippen LogP contribution >= 0.6 is 0 Å². The molecule has 1 spiro atoms. The van der Waals surface area contributed by atoms with Crippen molar-refractivity contribution in [1.29, 1.82) is 0 Å². The van der Waals surface area contributed by atoms with Crippen LogP contribution in [0, 0.1) is 5.41 Å². The summed E-state index contributed by atoms with van der Waals surface area (Å²) < 4.78 is 31.7. The van der Waals surface area contributed by atoms with Gasteiger partial charge in [-0.15, -0.1) is 0 Å². The molecule has 1 amide bonds. The highest BCUT2D eigenvalue weighted by Crippen LogP contribution is 2.42. The lowest BCUT2D eigenvalue weighted by atomic mass is 9.72. The van der Waals surface area contributed by atoms with Gasteiger partial charge in [0.1, 0.15) is 0 Å². The highest BCUT2D eigenvalue weighted by molar-refractivity contribution is 6.19. The number of alkyl halides is 3. The van der Waals surface area contributed by atoms with Gasteiger partial charge in [0.05, 0.1) is 24.1 Å². The Hall–Kier alpha value is -4.51. The van der Waals surface area contributed by atoms with E-state index in [2.05, 4.69) is 70.7 Å². The number of carboxylic acids is 2. The minimum atomic E-state index is -5.08. The van der Waals surface area contributed by atoms with E-state index in [-0.39, 0.29) is 18.9 Å². The lowest BCUT2D eigenvalue weighted by Gasteiger charge is -2.39. The number of likely N-dealkylation sites (tertiary alicyclic amines) is 1. The molecule has 2 heterocycles. The van der Waals surface area contributed by atoms with Gasteiger partial charge in [0.15, 0.2) is 0 Å².